The van der Waals surface area contributed by atoms with E-state index in [1.165, 1.54) is 6.07 Å². The molecule has 0 aliphatic heterocycles. The van der Waals surface area contributed by atoms with Crippen LogP contribution in [0.25, 0.3) is 0 Å². The summed E-state index contributed by atoms with van der Waals surface area (Å²) in [7, 11) is 0. The summed E-state index contributed by atoms with van der Waals surface area (Å²) >= 11 is 3.23. The summed E-state index contributed by atoms with van der Waals surface area (Å²) in [4.78, 5) is 12.4. The van der Waals surface area contributed by atoms with Crippen LogP contribution in [0.4, 0.5) is 10.1 Å². The minimum atomic E-state index is -0.540. The normalized spacial score (nSPS) is 10.8. The van der Waals surface area contributed by atoms with Gasteiger partial charge in [-0.15, -0.1) is 0 Å². The van der Waals surface area contributed by atoms with Crippen molar-refractivity contribution in [2.24, 2.45) is 0 Å². The molecular formula is C17H17BrFNO. The first kappa shape index (κ1) is 15.7. The zero-order valence-corrected chi connectivity index (χ0v) is 13.8. The van der Waals surface area contributed by atoms with Gasteiger partial charge in [0.15, 0.2) is 0 Å². The molecule has 0 saturated heterocycles. The summed E-state index contributed by atoms with van der Waals surface area (Å²) in [6, 6.07) is 10.4. The van der Waals surface area contributed by atoms with E-state index in [0.29, 0.717) is 4.47 Å². The molecule has 21 heavy (non-hydrogen) atoms. The van der Waals surface area contributed by atoms with Crippen LogP contribution >= 0.6 is 15.9 Å². The van der Waals surface area contributed by atoms with Gasteiger partial charge in [-0.2, -0.15) is 0 Å². The van der Waals surface area contributed by atoms with Crippen molar-refractivity contribution in [2.75, 3.05) is 5.32 Å². The van der Waals surface area contributed by atoms with Crippen molar-refractivity contribution in [3.8, 4) is 0 Å². The van der Waals surface area contributed by atoms with Gasteiger partial charge >= 0.3 is 0 Å². The second kappa shape index (κ2) is 6.39. The summed E-state index contributed by atoms with van der Waals surface area (Å²) in [5.74, 6) is -0.720. The van der Waals surface area contributed by atoms with Gasteiger partial charge in [0.25, 0.3) is 5.91 Å². The van der Waals surface area contributed by atoms with Gasteiger partial charge in [-0.3, -0.25) is 4.79 Å². The van der Waals surface area contributed by atoms with Crippen molar-refractivity contribution in [1.82, 2.24) is 0 Å². The number of aryl methyl sites for hydroxylation is 1. The predicted octanol–water partition coefficient (Wildman–Crippen LogP) is 5.27. The molecule has 0 fully saturated rings. The Morgan fingerprint density at radius 1 is 1.19 bits per heavy atom. The van der Waals surface area contributed by atoms with Crippen LogP contribution in [0.15, 0.2) is 40.9 Å². The van der Waals surface area contributed by atoms with E-state index >= 15 is 0 Å². The number of amides is 1. The Kier molecular flexibility index (Phi) is 4.78. The number of benzene rings is 2. The molecular weight excluding hydrogens is 333 g/mol. The predicted molar refractivity (Wildman–Crippen MR) is 87.3 cm³/mol. The lowest BCUT2D eigenvalue weighted by atomic mass is 9.98. The van der Waals surface area contributed by atoms with Gasteiger partial charge in [-0.1, -0.05) is 38.1 Å². The van der Waals surface area contributed by atoms with Crippen molar-refractivity contribution in [3.05, 3.63) is 63.4 Å². The molecule has 0 bridgehead atoms. The minimum absolute atomic E-state index is 0.0236. The van der Waals surface area contributed by atoms with Gasteiger partial charge in [-0.25, -0.2) is 4.39 Å². The average molecular weight is 350 g/mol. The van der Waals surface area contributed by atoms with Gasteiger partial charge in [-0.05, 0) is 52.0 Å². The van der Waals surface area contributed by atoms with Crippen LogP contribution in [-0.4, -0.2) is 5.91 Å². The summed E-state index contributed by atoms with van der Waals surface area (Å²) in [6.07, 6.45) is 0. The van der Waals surface area contributed by atoms with Crippen LogP contribution in [-0.2, 0) is 0 Å². The molecule has 0 radical (unpaired) electrons. The van der Waals surface area contributed by atoms with Crippen molar-refractivity contribution < 1.29 is 9.18 Å². The van der Waals surface area contributed by atoms with E-state index in [1.54, 1.807) is 12.1 Å². The Morgan fingerprint density at radius 3 is 2.48 bits per heavy atom. The SMILES string of the molecule is Cc1cccc(C(C)C)c1NC(=O)c1c(F)cccc1Br. The van der Waals surface area contributed by atoms with E-state index in [2.05, 4.69) is 35.1 Å². The van der Waals surface area contributed by atoms with E-state index in [4.69, 9.17) is 0 Å². The molecule has 0 saturated carbocycles. The first-order valence-electron chi connectivity index (χ1n) is 6.76. The topological polar surface area (TPSA) is 29.1 Å². The third-order valence-corrected chi connectivity index (χ3v) is 4.02. The Labute approximate surface area is 132 Å². The van der Waals surface area contributed by atoms with Gasteiger partial charge in [0.05, 0.1) is 5.56 Å². The quantitative estimate of drug-likeness (QED) is 0.803. The van der Waals surface area contributed by atoms with Crippen LogP contribution in [0.1, 0.15) is 41.3 Å². The molecule has 0 aliphatic rings. The van der Waals surface area contributed by atoms with Crippen LogP contribution in [0.5, 0.6) is 0 Å². The third-order valence-electron chi connectivity index (χ3n) is 3.36. The van der Waals surface area contributed by atoms with Crippen molar-refractivity contribution in [3.63, 3.8) is 0 Å². The molecule has 0 aromatic heterocycles. The maximum Gasteiger partial charge on any atom is 0.259 e. The molecule has 0 heterocycles. The lowest BCUT2D eigenvalue weighted by molar-refractivity contribution is 0.102. The van der Waals surface area contributed by atoms with E-state index in [-0.39, 0.29) is 11.5 Å². The van der Waals surface area contributed by atoms with Crippen LogP contribution in [0.3, 0.4) is 0 Å². The molecule has 0 atom stereocenters. The molecule has 110 valence electrons. The number of anilines is 1. The number of hydrogen-bond acceptors (Lipinski definition) is 1. The smallest absolute Gasteiger partial charge is 0.259 e. The summed E-state index contributed by atoms with van der Waals surface area (Å²) in [6.45, 7) is 6.05. The molecule has 0 unspecified atom stereocenters. The standard InChI is InChI=1S/C17H17BrFNO/c1-10(2)12-7-4-6-11(3)16(12)20-17(21)15-13(18)8-5-9-14(15)19/h4-10H,1-3H3,(H,20,21). The largest absolute Gasteiger partial charge is 0.321 e. The second-order valence-corrected chi connectivity index (χ2v) is 6.10. The number of nitrogens with one attached hydrogen (secondary N) is 1. The minimum Gasteiger partial charge on any atom is -0.321 e. The fourth-order valence-electron chi connectivity index (χ4n) is 2.23. The second-order valence-electron chi connectivity index (χ2n) is 5.24. The van der Waals surface area contributed by atoms with Crippen molar-refractivity contribution in [2.45, 2.75) is 26.7 Å². The lowest BCUT2D eigenvalue weighted by Gasteiger charge is -2.17. The van der Waals surface area contributed by atoms with Crippen LogP contribution < -0.4 is 5.32 Å². The Morgan fingerprint density at radius 2 is 1.86 bits per heavy atom. The molecule has 2 aromatic carbocycles. The van der Waals surface area contributed by atoms with E-state index in [1.807, 2.05) is 25.1 Å². The first-order chi connectivity index (χ1) is 9.91. The molecule has 2 aromatic rings. The highest BCUT2D eigenvalue weighted by Crippen LogP contribution is 2.29. The summed E-state index contributed by atoms with van der Waals surface area (Å²) in [5, 5.41) is 2.85. The Balaban J connectivity index is 2.41. The molecule has 0 spiro atoms. The molecule has 1 amide bonds. The van der Waals surface area contributed by atoms with Crippen LogP contribution in [0.2, 0.25) is 0 Å². The molecule has 2 rings (SSSR count). The summed E-state index contributed by atoms with van der Waals surface area (Å²) < 4.78 is 14.3. The number of carbonyl (C=O) groups excluding carboxylic acids is 1. The van der Waals surface area contributed by atoms with E-state index in [9.17, 15) is 9.18 Å². The van der Waals surface area contributed by atoms with E-state index < -0.39 is 11.7 Å². The number of rotatable bonds is 3. The maximum absolute atomic E-state index is 13.9. The number of para-hydroxylation sites is 1. The van der Waals surface area contributed by atoms with E-state index in [0.717, 1.165) is 16.8 Å². The van der Waals surface area contributed by atoms with Crippen molar-refractivity contribution >= 4 is 27.5 Å². The molecule has 4 heteroatoms. The van der Waals surface area contributed by atoms with Crippen molar-refractivity contribution in [1.29, 1.82) is 0 Å². The average Bonchev–Trinajstić information content (AvgIpc) is 2.40. The Bertz CT molecular complexity index is 662. The fraction of sp³-hybridized carbons (Fsp3) is 0.235. The Hall–Kier alpha value is -1.68. The molecule has 1 N–H and O–H groups in total. The van der Waals surface area contributed by atoms with Gasteiger partial charge in [0.2, 0.25) is 0 Å². The van der Waals surface area contributed by atoms with Gasteiger partial charge in [0, 0.05) is 10.2 Å². The number of halogens is 2. The van der Waals surface area contributed by atoms with Crippen LogP contribution in [0, 0.1) is 12.7 Å². The number of hydrogen-bond donors (Lipinski definition) is 1. The monoisotopic (exact) mass is 349 g/mol. The molecule has 2 nitrogen and oxygen atoms in total. The highest BCUT2D eigenvalue weighted by atomic mass is 79.9. The molecule has 0 aliphatic carbocycles. The fourth-order valence-corrected chi connectivity index (χ4v) is 2.76. The first-order valence-corrected chi connectivity index (χ1v) is 7.56. The zero-order chi connectivity index (χ0) is 15.6. The van der Waals surface area contributed by atoms with Gasteiger partial charge in [0.1, 0.15) is 5.82 Å². The number of carbonyl (C=O) groups is 1. The lowest BCUT2D eigenvalue weighted by Crippen LogP contribution is -2.17. The maximum atomic E-state index is 13.9. The summed E-state index contributed by atoms with van der Waals surface area (Å²) in [5.41, 5.74) is 2.78. The highest BCUT2D eigenvalue weighted by molar-refractivity contribution is 9.10. The zero-order valence-electron chi connectivity index (χ0n) is 12.2. The third kappa shape index (κ3) is 3.32. The highest BCUT2D eigenvalue weighted by Gasteiger charge is 2.18. The van der Waals surface area contributed by atoms with Gasteiger partial charge < -0.3 is 5.32 Å².